The lowest BCUT2D eigenvalue weighted by atomic mass is 10.0. The maximum absolute atomic E-state index is 5.94. The van der Waals surface area contributed by atoms with E-state index in [1.54, 1.807) is 17.5 Å². The number of nitrogens with two attached hydrogens (primary N) is 1. The molecule has 0 atom stereocenters. The molecule has 0 radical (unpaired) electrons. The van der Waals surface area contributed by atoms with Crippen LogP contribution in [-0.2, 0) is 0 Å². The highest BCUT2D eigenvalue weighted by Crippen LogP contribution is 2.33. The van der Waals surface area contributed by atoms with Crippen LogP contribution in [0.2, 0.25) is 0 Å². The summed E-state index contributed by atoms with van der Waals surface area (Å²) in [6.07, 6.45) is 3.63. The Kier molecular flexibility index (Phi) is 2.11. The predicted octanol–water partition coefficient (Wildman–Crippen LogP) is 3.55. The molecule has 0 aliphatic carbocycles. The van der Waals surface area contributed by atoms with E-state index < -0.39 is 0 Å². The van der Waals surface area contributed by atoms with Gasteiger partial charge in [-0.3, -0.25) is 4.98 Å². The fraction of sp³-hybridized carbons (Fsp3) is 0. The quantitative estimate of drug-likeness (QED) is 0.644. The molecule has 0 spiro atoms. The number of benzene rings is 1. The molecule has 2 aromatic heterocycles. The van der Waals surface area contributed by atoms with Gasteiger partial charge in [-0.2, -0.15) is 0 Å². The molecule has 0 bridgehead atoms. The van der Waals surface area contributed by atoms with Gasteiger partial charge < -0.3 is 5.73 Å². The average Bonchev–Trinajstić information content (AvgIpc) is 2.83. The summed E-state index contributed by atoms with van der Waals surface area (Å²) in [4.78, 5) is 5.38. The lowest BCUT2D eigenvalue weighted by Gasteiger charge is -2.06. The van der Waals surface area contributed by atoms with Crippen LogP contribution in [-0.4, -0.2) is 4.98 Å². The van der Waals surface area contributed by atoms with Crippen molar-refractivity contribution in [2.75, 3.05) is 5.73 Å². The first kappa shape index (κ1) is 9.36. The van der Waals surface area contributed by atoms with Gasteiger partial charge in [-0.15, -0.1) is 11.3 Å². The number of pyridine rings is 1. The van der Waals surface area contributed by atoms with E-state index in [1.165, 1.54) is 10.4 Å². The van der Waals surface area contributed by atoms with Crippen molar-refractivity contribution in [2.45, 2.75) is 0 Å². The molecule has 0 aliphatic heterocycles. The maximum Gasteiger partial charge on any atom is 0.0409 e. The Morgan fingerprint density at radius 1 is 1.06 bits per heavy atom. The number of aromatic nitrogens is 1. The van der Waals surface area contributed by atoms with Gasteiger partial charge in [0.05, 0.1) is 0 Å². The van der Waals surface area contributed by atoms with Crippen molar-refractivity contribution in [1.82, 2.24) is 4.98 Å². The van der Waals surface area contributed by atoms with Gasteiger partial charge in [-0.25, -0.2) is 0 Å². The van der Waals surface area contributed by atoms with E-state index >= 15 is 0 Å². The van der Waals surface area contributed by atoms with E-state index in [0.717, 1.165) is 16.5 Å². The number of hydrogen-bond acceptors (Lipinski definition) is 3. The molecule has 1 aromatic carbocycles. The zero-order valence-corrected chi connectivity index (χ0v) is 9.37. The van der Waals surface area contributed by atoms with Crippen molar-refractivity contribution < 1.29 is 0 Å². The van der Waals surface area contributed by atoms with Crippen LogP contribution in [0.1, 0.15) is 0 Å². The fourth-order valence-corrected chi connectivity index (χ4v) is 2.62. The number of thiophene rings is 1. The van der Waals surface area contributed by atoms with Crippen LogP contribution in [0.15, 0.2) is 48.1 Å². The van der Waals surface area contributed by atoms with Gasteiger partial charge in [-0.05, 0) is 34.5 Å². The molecule has 0 saturated carbocycles. The molecule has 3 rings (SSSR count). The lowest BCUT2D eigenvalue weighted by molar-refractivity contribution is 1.36. The van der Waals surface area contributed by atoms with Gasteiger partial charge in [0.15, 0.2) is 0 Å². The first-order valence-corrected chi connectivity index (χ1v) is 5.90. The predicted molar refractivity (Wildman–Crippen MR) is 69.5 cm³/mol. The van der Waals surface area contributed by atoms with Gasteiger partial charge in [0.25, 0.3) is 0 Å². The Morgan fingerprint density at radius 3 is 2.81 bits per heavy atom. The lowest BCUT2D eigenvalue weighted by Crippen LogP contribution is -1.89. The van der Waals surface area contributed by atoms with Crippen LogP contribution < -0.4 is 5.73 Å². The molecule has 3 aromatic rings. The summed E-state index contributed by atoms with van der Waals surface area (Å²) in [6, 6.07) is 10.2. The van der Waals surface area contributed by atoms with Crippen molar-refractivity contribution in [3.05, 3.63) is 48.1 Å². The third kappa shape index (κ3) is 1.37. The second kappa shape index (κ2) is 3.61. The number of fused-ring (bicyclic) bond motifs is 1. The molecular formula is C13H10N2S. The molecule has 0 unspecified atom stereocenters. The van der Waals surface area contributed by atoms with Crippen LogP contribution in [0.3, 0.4) is 0 Å². The number of rotatable bonds is 1. The molecule has 2 nitrogen and oxygen atoms in total. The number of nitrogens with zero attached hydrogens (tertiary/aromatic N) is 1. The van der Waals surface area contributed by atoms with Gasteiger partial charge >= 0.3 is 0 Å². The highest BCUT2D eigenvalue weighted by Gasteiger charge is 2.06. The number of anilines is 1. The van der Waals surface area contributed by atoms with Crippen LogP contribution >= 0.6 is 11.3 Å². The molecule has 2 heterocycles. The first-order chi connectivity index (χ1) is 7.86. The summed E-state index contributed by atoms with van der Waals surface area (Å²) < 4.78 is 0. The SMILES string of the molecule is Nc1ccc(-c2cccs2)c2ccncc12. The third-order valence-corrected chi connectivity index (χ3v) is 3.54. The van der Waals surface area contributed by atoms with Crippen molar-refractivity contribution in [1.29, 1.82) is 0 Å². The Morgan fingerprint density at radius 2 is 2.00 bits per heavy atom. The van der Waals surface area contributed by atoms with Crippen molar-refractivity contribution in [3.63, 3.8) is 0 Å². The Hall–Kier alpha value is -1.87. The van der Waals surface area contributed by atoms with Gasteiger partial charge in [0.2, 0.25) is 0 Å². The topological polar surface area (TPSA) is 38.9 Å². The largest absolute Gasteiger partial charge is 0.398 e. The van der Waals surface area contributed by atoms with E-state index in [-0.39, 0.29) is 0 Å². The molecule has 3 heteroatoms. The van der Waals surface area contributed by atoms with Crippen LogP contribution in [0.25, 0.3) is 21.2 Å². The summed E-state index contributed by atoms with van der Waals surface area (Å²) in [5.74, 6) is 0. The monoisotopic (exact) mass is 226 g/mol. The summed E-state index contributed by atoms with van der Waals surface area (Å²) in [5, 5.41) is 4.27. The second-order valence-electron chi connectivity index (χ2n) is 3.60. The van der Waals surface area contributed by atoms with E-state index in [4.69, 9.17) is 5.73 Å². The standard InChI is InChI=1S/C13H10N2S/c14-12-4-3-10(13-2-1-7-16-13)9-5-6-15-8-11(9)12/h1-8H,14H2. The van der Waals surface area contributed by atoms with Crippen molar-refractivity contribution in [2.24, 2.45) is 0 Å². The molecule has 0 saturated heterocycles. The summed E-state index contributed by atoms with van der Waals surface area (Å²) >= 11 is 1.74. The highest BCUT2D eigenvalue weighted by molar-refractivity contribution is 7.13. The van der Waals surface area contributed by atoms with Crippen molar-refractivity contribution >= 4 is 27.8 Å². The van der Waals surface area contributed by atoms with Crippen LogP contribution in [0.4, 0.5) is 5.69 Å². The molecule has 0 aliphatic rings. The summed E-state index contributed by atoms with van der Waals surface area (Å²) in [7, 11) is 0. The third-order valence-electron chi connectivity index (χ3n) is 2.64. The van der Waals surface area contributed by atoms with Crippen LogP contribution in [0, 0.1) is 0 Å². The fourth-order valence-electron chi connectivity index (χ4n) is 1.86. The van der Waals surface area contributed by atoms with Gasteiger partial charge in [0.1, 0.15) is 0 Å². The first-order valence-electron chi connectivity index (χ1n) is 5.02. The molecule has 16 heavy (non-hydrogen) atoms. The second-order valence-corrected chi connectivity index (χ2v) is 4.55. The Bertz CT molecular complexity index is 629. The smallest absolute Gasteiger partial charge is 0.0409 e. The van der Waals surface area contributed by atoms with E-state index in [0.29, 0.717) is 0 Å². The number of hydrogen-bond donors (Lipinski definition) is 1. The van der Waals surface area contributed by atoms with E-state index in [2.05, 4.69) is 28.6 Å². The summed E-state index contributed by atoms with van der Waals surface area (Å²) in [6.45, 7) is 0. The Balaban J connectivity index is 2.39. The van der Waals surface area contributed by atoms with Gasteiger partial charge in [-0.1, -0.05) is 12.1 Å². The van der Waals surface area contributed by atoms with E-state index in [9.17, 15) is 0 Å². The Labute approximate surface area is 97.4 Å². The van der Waals surface area contributed by atoms with Crippen molar-refractivity contribution in [3.8, 4) is 10.4 Å². The zero-order chi connectivity index (χ0) is 11.0. The highest BCUT2D eigenvalue weighted by atomic mass is 32.1. The average molecular weight is 226 g/mol. The summed E-state index contributed by atoms with van der Waals surface area (Å²) in [5.41, 5.74) is 7.95. The van der Waals surface area contributed by atoms with Gasteiger partial charge in [0, 0.05) is 28.3 Å². The molecular weight excluding hydrogens is 216 g/mol. The molecule has 0 fully saturated rings. The maximum atomic E-state index is 5.94. The molecule has 2 N–H and O–H groups in total. The minimum Gasteiger partial charge on any atom is -0.398 e. The van der Waals surface area contributed by atoms with Crippen LogP contribution in [0.5, 0.6) is 0 Å². The minimum atomic E-state index is 0.781. The minimum absolute atomic E-state index is 0.781. The molecule has 0 amide bonds. The normalized spacial score (nSPS) is 10.8. The number of nitrogen functional groups attached to an aromatic ring is 1. The van der Waals surface area contributed by atoms with E-state index in [1.807, 2.05) is 18.3 Å². The molecule has 78 valence electrons. The zero-order valence-electron chi connectivity index (χ0n) is 8.55.